The van der Waals surface area contributed by atoms with Crippen LogP contribution in [0.2, 0.25) is 0 Å². The Morgan fingerprint density at radius 1 is 1.33 bits per heavy atom. The van der Waals surface area contributed by atoms with Crippen molar-refractivity contribution in [3.63, 3.8) is 0 Å². The Kier molecular flexibility index (Phi) is 5.00. The molecule has 0 unspecified atom stereocenters. The van der Waals surface area contributed by atoms with E-state index in [0.717, 1.165) is 22.6 Å². The van der Waals surface area contributed by atoms with Crippen LogP contribution >= 0.6 is 11.8 Å². The fraction of sp³-hybridized carbons (Fsp3) is 0.316. The molecule has 1 N–H and O–H groups in total. The Bertz CT molecular complexity index is 747. The lowest BCUT2D eigenvalue weighted by atomic mass is 9.91. The van der Waals surface area contributed by atoms with Gasteiger partial charge in [0.15, 0.2) is 0 Å². The molecule has 0 aromatic heterocycles. The second-order valence-corrected chi connectivity index (χ2v) is 6.97. The number of thioether (sulfide) groups is 1. The molecule has 0 spiro atoms. The SMILES string of the molecule is COc1cccc(SCC(=O)N2CC[C@@H](C)c3cccc(O)c32)c1. The Balaban J connectivity index is 1.75. The van der Waals surface area contributed by atoms with Crippen molar-refractivity contribution in [1.82, 2.24) is 0 Å². The van der Waals surface area contributed by atoms with Crippen molar-refractivity contribution in [1.29, 1.82) is 0 Å². The Hall–Kier alpha value is -2.14. The fourth-order valence-corrected chi connectivity index (χ4v) is 3.81. The molecule has 5 heteroatoms. The number of phenols is 1. The molecular weight excluding hydrogens is 322 g/mol. The van der Waals surface area contributed by atoms with E-state index in [1.807, 2.05) is 36.4 Å². The second-order valence-electron chi connectivity index (χ2n) is 5.92. The predicted octanol–water partition coefficient (Wildman–Crippen LogP) is 4.03. The van der Waals surface area contributed by atoms with E-state index >= 15 is 0 Å². The van der Waals surface area contributed by atoms with Crippen LogP contribution in [0.25, 0.3) is 0 Å². The summed E-state index contributed by atoms with van der Waals surface area (Å²) < 4.78 is 5.21. The lowest BCUT2D eigenvalue weighted by Gasteiger charge is -2.33. The molecule has 1 atom stereocenters. The van der Waals surface area contributed by atoms with Crippen LogP contribution < -0.4 is 9.64 Å². The molecule has 0 radical (unpaired) electrons. The minimum atomic E-state index is 0.0115. The first-order valence-corrected chi connectivity index (χ1v) is 8.98. The van der Waals surface area contributed by atoms with Crippen molar-refractivity contribution in [3.05, 3.63) is 48.0 Å². The summed E-state index contributed by atoms with van der Waals surface area (Å²) in [4.78, 5) is 15.4. The van der Waals surface area contributed by atoms with Crippen LogP contribution in [0.5, 0.6) is 11.5 Å². The van der Waals surface area contributed by atoms with Gasteiger partial charge in [-0.2, -0.15) is 0 Å². The van der Waals surface area contributed by atoms with Gasteiger partial charge in [0.05, 0.1) is 18.6 Å². The van der Waals surface area contributed by atoms with Crippen molar-refractivity contribution in [2.45, 2.75) is 24.2 Å². The first-order chi connectivity index (χ1) is 11.6. The van der Waals surface area contributed by atoms with Gasteiger partial charge in [-0.25, -0.2) is 0 Å². The van der Waals surface area contributed by atoms with E-state index in [4.69, 9.17) is 4.74 Å². The van der Waals surface area contributed by atoms with Crippen LogP contribution in [0.4, 0.5) is 5.69 Å². The summed E-state index contributed by atoms with van der Waals surface area (Å²) in [6.07, 6.45) is 0.909. The first kappa shape index (κ1) is 16.7. The summed E-state index contributed by atoms with van der Waals surface area (Å²) in [5.41, 5.74) is 1.72. The maximum atomic E-state index is 12.7. The van der Waals surface area contributed by atoms with E-state index in [2.05, 4.69) is 6.92 Å². The summed E-state index contributed by atoms with van der Waals surface area (Å²) >= 11 is 1.48. The number of hydrogen-bond acceptors (Lipinski definition) is 4. The van der Waals surface area contributed by atoms with Crippen LogP contribution in [-0.2, 0) is 4.79 Å². The van der Waals surface area contributed by atoms with E-state index in [0.29, 0.717) is 23.9 Å². The largest absolute Gasteiger partial charge is 0.506 e. The zero-order chi connectivity index (χ0) is 17.1. The number of ether oxygens (including phenoxy) is 1. The lowest BCUT2D eigenvalue weighted by Crippen LogP contribution is -2.37. The zero-order valence-corrected chi connectivity index (χ0v) is 14.7. The molecular formula is C19H21NO3S. The van der Waals surface area contributed by atoms with Crippen molar-refractivity contribution in [2.75, 3.05) is 24.3 Å². The number of fused-ring (bicyclic) bond motifs is 1. The average molecular weight is 343 g/mol. The Morgan fingerprint density at radius 3 is 2.92 bits per heavy atom. The number of para-hydroxylation sites is 1. The molecule has 4 nitrogen and oxygen atoms in total. The van der Waals surface area contributed by atoms with Crippen LogP contribution in [0.1, 0.15) is 24.8 Å². The third kappa shape index (κ3) is 3.36. The van der Waals surface area contributed by atoms with Gasteiger partial charge in [-0.05, 0) is 42.2 Å². The molecule has 0 saturated carbocycles. The maximum Gasteiger partial charge on any atom is 0.237 e. The summed E-state index contributed by atoms with van der Waals surface area (Å²) in [6.45, 7) is 2.77. The number of amides is 1. The Labute approximate surface area is 146 Å². The highest BCUT2D eigenvalue weighted by Crippen LogP contribution is 2.41. The highest BCUT2D eigenvalue weighted by molar-refractivity contribution is 8.00. The smallest absolute Gasteiger partial charge is 0.237 e. The van der Waals surface area contributed by atoms with E-state index in [1.54, 1.807) is 18.1 Å². The Morgan fingerprint density at radius 2 is 2.12 bits per heavy atom. The number of rotatable bonds is 4. The van der Waals surface area contributed by atoms with Crippen LogP contribution in [0.3, 0.4) is 0 Å². The number of carbonyl (C=O) groups excluding carboxylic acids is 1. The van der Waals surface area contributed by atoms with Gasteiger partial charge in [0.1, 0.15) is 11.5 Å². The molecule has 0 saturated heterocycles. The zero-order valence-electron chi connectivity index (χ0n) is 13.9. The van der Waals surface area contributed by atoms with E-state index < -0.39 is 0 Å². The number of anilines is 1. The van der Waals surface area contributed by atoms with Crippen LogP contribution in [0, 0.1) is 0 Å². The number of carbonyl (C=O) groups is 1. The predicted molar refractivity (Wildman–Crippen MR) is 97.2 cm³/mol. The molecule has 0 fully saturated rings. The second kappa shape index (κ2) is 7.18. The number of hydrogen-bond donors (Lipinski definition) is 1. The molecule has 0 aliphatic carbocycles. The molecule has 1 heterocycles. The van der Waals surface area contributed by atoms with Gasteiger partial charge in [-0.3, -0.25) is 4.79 Å². The molecule has 0 bridgehead atoms. The highest BCUT2D eigenvalue weighted by atomic mass is 32.2. The number of nitrogens with zero attached hydrogens (tertiary/aromatic N) is 1. The highest BCUT2D eigenvalue weighted by Gasteiger charge is 2.28. The fourth-order valence-electron chi connectivity index (χ4n) is 2.99. The minimum absolute atomic E-state index is 0.0115. The standard InChI is InChI=1S/C19H21NO3S/c1-13-9-10-20(19-16(13)7-4-8-17(19)21)18(22)12-24-15-6-3-5-14(11-15)23-2/h3-8,11,13,21H,9-10,12H2,1-2H3/t13-/m1/s1. The van der Waals surface area contributed by atoms with Crippen LogP contribution in [0.15, 0.2) is 47.4 Å². The molecule has 1 amide bonds. The van der Waals surface area contributed by atoms with Crippen molar-refractivity contribution < 1.29 is 14.6 Å². The summed E-state index contributed by atoms with van der Waals surface area (Å²) in [6, 6.07) is 13.2. The van der Waals surface area contributed by atoms with Gasteiger partial charge >= 0.3 is 0 Å². The summed E-state index contributed by atoms with van der Waals surface area (Å²) in [5.74, 6) is 1.65. The molecule has 126 valence electrons. The molecule has 3 rings (SSSR count). The van der Waals surface area contributed by atoms with Crippen molar-refractivity contribution in [2.24, 2.45) is 0 Å². The van der Waals surface area contributed by atoms with Crippen LogP contribution in [-0.4, -0.2) is 30.4 Å². The summed E-state index contributed by atoms with van der Waals surface area (Å²) in [7, 11) is 1.63. The van der Waals surface area contributed by atoms with Gasteiger partial charge in [-0.1, -0.05) is 25.1 Å². The molecule has 24 heavy (non-hydrogen) atoms. The quantitative estimate of drug-likeness (QED) is 0.852. The third-order valence-corrected chi connectivity index (χ3v) is 5.32. The maximum absolute atomic E-state index is 12.7. The topological polar surface area (TPSA) is 49.8 Å². The van der Waals surface area contributed by atoms with Gasteiger partial charge in [0.25, 0.3) is 0 Å². The monoisotopic (exact) mass is 343 g/mol. The number of benzene rings is 2. The van der Waals surface area contributed by atoms with Crippen molar-refractivity contribution in [3.8, 4) is 11.5 Å². The van der Waals surface area contributed by atoms with E-state index in [1.165, 1.54) is 11.8 Å². The average Bonchev–Trinajstić information content (AvgIpc) is 2.61. The molecule has 2 aromatic carbocycles. The first-order valence-electron chi connectivity index (χ1n) is 7.99. The van der Waals surface area contributed by atoms with E-state index in [-0.39, 0.29) is 11.7 Å². The van der Waals surface area contributed by atoms with Gasteiger partial charge in [-0.15, -0.1) is 11.8 Å². The molecule has 2 aromatic rings. The number of methoxy groups -OCH3 is 1. The molecule has 1 aliphatic rings. The third-order valence-electron chi connectivity index (χ3n) is 4.34. The van der Waals surface area contributed by atoms with Gasteiger partial charge in [0, 0.05) is 11.4 Å². The van der Waals surface area contributed by atoms with Gasteiger partial charge in [0.2, 0.25) is 5.91 Å². The summed E-state index contributed by atoms with van der Waals surface area (Å²) in [5, 5.41) is 10.2. The lowest BCUT2D eigenvalue weighted by molar-refractivity contribution is -0.116. The van der Waals surface area contributed by atoms with E-state index in [9.17, 15) is 9.90 Å². The molecule has 1 aliphatic heterocycles. The minimum Gasteiger partial charge on any atom is -0.506 e. The van der Waals surface area contributed by atoms with Crippen molar-refractivity contribution >= 4 is 23.4 Å². The number of aromatic hydroxyl groups is 1. The van der Waals surface area contributed by atoms with Gasteiger partial charge < -0.3 is 14.7 Å². The normalized spacial score (nSPS) is 16.6. The number of phenolic OH excluding ortho intramolecular Hbond substituents is 1.